The minimum Gasteiger partial charge on any atom is -0.368 e. The van der Waals surface area contributed by atoms with Crippen molar-refractivity contribution in [3.8, 4) is 0 Å². The van der Waals surface area contributed by atoms with Crippen LogP contribution in [-0.4, -0.2) is 42.5 Å². The molecule has 1 aliphatic carbocycles. The first-order chi connectivity index (χ1) is 13.6. The molecule has 5 heteroatoms. The van der Waals surface area contributed by atoms with E-state index in [1.165, 1.54) is 25.0 Å². The Hall–Kier alpha value is -1.88. The number of hydrogen-bond acceptors (Lipinski definition) is 4. The molecule has 0 saturated carbocycles. The van der Waals surface area contributed by atoms with Crippen molar-refractivity contribution in [1.82, 2.24) is 4.90 Å². The highest BCUT2D eigenvalue weighted by atomic mass is 16.6. The number of hydrogen-bond donors (Lipinski definition) is 0. The maximum Gasteiger partial charge on any atom is 0.270 e. The predicted molar refractivity (Wildman–Crippen MR) is 121 cm³/mol. The van der Waals surface area contributed by atoms with Crippen molar-refractivity contribution >= 4 is 16.9 Å². The molecule has 2 aliphatic rings. The summed E-state index contributed by atoms with van der Waals surface area (Å²) < 4.78 is 0. The highest BCUT2D eigenvalue weighted by Crippen LogP contribution is 2.49. The summed E-state index contributed by atoms with van der Waals surface area (Å²) in [7, 11) is 0. The molecule has 1 heterocycles. The molecule has 160 valence electrons. The molecule has 1 aliphatic heterocycles. The molecule has 0 unspecified atom stereocenters. The third kappa shape index (κ3) is 5.39. The Morgan fingerprint density at radius 1 is 1.10 bits per heavy atom. The third-order valence-electron chi connectivity index (χ3n) is 6.25. The van der Waals surface area contributed by atoms with Gasteiger partial charge < -0.3 is 4.90 Å². The first-order valence-electron chi connectivity index (χ1n) is 11.1. The van der Waals surface area contributed by atoms with Crippen LogP contribution in [0.1, 0.15) is 65.9 Å². The average molecular weight is 400 g/mol. The lowest BCUT2D eigenvalue weighted by atomic mass is 9.65. The smallest absolute Gasteiger partial charge is 0.270 e. The maximum absolute atomic E-state index is 11.5. The van der Waals surface area contributed by atoms with Crippen molar-refractivity contribution in [2.75, 3.05) is 37.6 Å². The van der Waals surface area contributed by atoms with Gasteiger partial charge >= 0.3 is 0 Å². The molecule has 0 amide bonds. The molecule has 5 nitrogen and oxygen atoms in total. The first-order valence-corrected chi connectivity index (χ1v) is 11.1. The third-order valence-corrected chi connectivity index (χ3v) is 6.25. The van der Waals surface area contributed by atoms with Gasteiger partial charge in [-0.05, 0) is 48.3 Å². The molecule has 0 N–H and O–H groups in total. The Morgan fingerprint density at radius 3 is 2.38 bits per heavy atom. The Kier molecular flexibility index (Phi) is 6.37. The number of unbranched alkanes of at least 4 members (excludes halogenated alkanes) is 1. The van der Waals surface area contributed by atoms with Crippen molar-refractivity contribution in [2.24, 2.45) is 10.8 Å². The van der Waals surface area contributed by atoms with Gasteiger partial charge in [-0.25, -0.2) is 0 Å². The Bertz CT molecular complexity index is 774. The van der Waals surface area contributed by atoms with E-state index >= 15 is 0 Å². The summed E-state index contributed by atoms with van der Waals surface area (Å²) in [5, 5.41) is 11.5. The van der Waals surface area contributed by atoms with Crippen LogP contribution < -0.4 is 4.90 Å². The molecule has 29 heavy (non-hydrogen) atoms. The summed E-state index contributed by atoms with van der Waals surface area (Å²) >= 11 is 0. The van der Waals surface area contributed by atoms with Gasteiger partial charge in [0.15, 0.2) is 0 Å². The van der Waals surface area contributed by atoms with E-state index in [-0.39, 0.29) is 21.4 Å². The maximum atomic E-state index is 11.5. The van der Waals surface area contributed by atoms with Gasteiger partial charge in [-0.3, -0.25) is 15.0 Å². The van der Waals surface area contributed by atoms with Crippen LogP contribution >= 0.6 is 0 Å². The summed E-state index contributed by atoms with van der Waals surface area (Å²) in [6.07, 6.45) is 6.93. The highest BCUT2D eigenvalue weighted by Gasteiger charge is 2.35. The van der Waals surface area contributed by atoms with E-state index in [0.717, 1.165) is 50.3 Å². The average Bonchev–Trinajstić information content (AvgIpc) is 2.64. The molecule has 1 saturated heterocycles. The minimum absolute atomic E-state index is 0.0951. The van der Waals surface area contributed by atoms with E-state index in [0.29, 0.717) is 0 Å². The monoisotopic (exact) mass is 399 g/mol. The van der Waals surface area contributed by atoms with Gasteiger partial charge in [0.25, 0.3) is 5.69 Å². The lowest BCUT2D eigenvalue weighted by Crippen LogP contribution is -2.47. The highest BCUT2D eigenvalue weighted by molar-refractivity contribution is 5.80. The van der Waals surface area contributed by atoms with E-state index in [9.17, 15) is 10.1 Å². The zero-order chi connectivity index (χ0) is 21.2. The number of rotatable bonds is 6. The molecule has 0 atom stereocenters. The van der Waals surface area contributed by atoms with Crippen LogP contribution in [0.15, 0.2) is 24.3 Å². The molecule has 3 rings (SSSR count). The number of anilines is 1. The van der Waals surface area contributed by atoms with Crippen LogP contribution in [0, 0.1) is 20.9 Å². The fourth-order valence-corrected chi connectivity index (χ4v) is 5.32. The van der Waals surface area contributed by atoms with E-state index in [2.05, 4.69) is 50.5 Å². The van der Waals surface area contributed by atoms with Crippen LogP contribution in [0.3, 0.4) is 0 Å². The second kappa shape index (κ2) is 8.47. The van der Waals surface area contributed by atoms with Crippen LogP contribution in [0.5, 0.6) is 0 Å². The lowest BCUT2D eigenvalue weighted by Gasteiger charge is -2.41. The fraction of sp³-hybridized carbons (Fsp3) is 0.667. The number of nitro benzene ring substituents is 1. The summed E-state index contributed by atoms with van der Waals surface area (Å²) in [5.74, 6) is 0. The minimum atomic E-state index is -0.268. The Morgan fingerprint density at radius 2 is 1.79 bits per heavy atom. The lowest BCUT2D eigenvalue weighted by molar-refractivity contribution is -0.384. The van der Waals surface area contributed by atoms with Crippen molar-refractivity contribution in [3.63, 3.8) is 0 Å². The SMILES string of the molecule is CCCCN1CCN(c2ccc([N+](=O)[O-])cc2C2=CC(C)(C)CC(C)(C)C2)CC1. The van der Waals surface area contributed by atoms with E-state index < -0.39 is 0 Å². The second-order valence-corrected chi connectivity index (χ2v) is 10.3. The molecular weight excluding hydrogens is 362 g/mol. The van der Waals surface area contributed by atoms with Gasteiger partial charge in [0.05, 0.1) is 4.92 Å². The molecule has 0 aromatic heterocycles. The quantitative estimate of drug-likeness (QED) is 0.452. The summed E-state index contributed by atoms with van der Waals surface area (Å²) in [6.45, 7) is 16.7. The molecule has 1 fully saturated rings. The summed E-state index contributed by atoms with van der Waals surface area (Å²) in [5.41, 5.74) is 3.95. The number of non-ortho nitro benzene ring substituents is 1. The van der Waals surface area contributed by atoms with Crippen molar-refractivity contribution in [1.29, 1.82) is 0 Å². The van der Waals surface area contributed by atoms with Gasteiger partial charge in [-0.2, -0.15) is 0 Å². The number of piperazine rings is 1. The largest absolute Gasteiger partial charge is 0.368 e. The number of allylic oxidation sites excluding steroid dienone is 2. The Labute approximate surface area is 175 Å². The second-order valence-electron chi connectivity index (χ2n) is 10.3. The summed E-state index contributed by atoms with van der Waals surface area (Å²) in [6, 6.07) is 5.45. The topological polar surface area (TPSA) is 49.6 Å². The van der Waals surface area contributed by atoms with E-state index in [1.54, 1.807) is 6.07 Å². The van der Waals surface area contributed by atoms with Gasteiger partial charge in [0.1, 0.15) is 0 Å². The molecule has 0 radical (unpaired) electrons. The van der Waals surface area contributed by atoms with E-state index in [1.807, 2.05) is 12.1 Å². The zero-order valence-electron chi connectivity index (χ0n) is 18.8. The van der Waals surface area contributed by atoms with Crippen LogP contribution in [0.4, 0.5) is 11.4 Å². The van der Waals surface area contributed by atoms with Crippen LogP contribution in [0.25, 0.3) is 5.57 Å². The number of nitro groups is 1. The first kappa shape index (κ1) is 21.8. The summed E-state index contributed by atoms with van der Waals surface area (Å²) in [4.78, 5) is 16.2. The number of nitrogens with zero attached hydrogens (tertiary/aromatic N) is 3. The molecule has 0 spiro atoms. The Balaban J connectivity index is 1.93. The van der Waals surface area contributed by atoms with Crippen LogP contribution in [-0.2, 0) is 0 Å². The van der Waals surface area contributed by atoms with Crippen molar-refractivity contribution in [2.45, 2.75) is 60.3 Å². The van der Waals surface area contributed by atoms with Crippen LogP contribution in [0.2, 0.25) is 0 Å². The number of benzene rings is 1. The normalized spacial score (nSPS) is 21.7. The molecule has 1 aromatic carbocycles. The van der Waals surface area contributed by atoms with Gasteiger partial charge in [-0.15, -0.1) is 0 Å². The standard InChI is InChI=1S/C24H37N3O2/c1-6-7-10-25-11-13-26(14-12-25)22-9-8-20(27(28)29)15-21(22)19-16-23(2,3)18-24(4,5)17-19/h8-9,15-16H,6-7,10-14,17-18H2,1-5H3. The molecular formula is C24H37N3O2. The molecule has 0 bridgehead atoms. The van der Waals surface area contributed by atoms with Gasteiger partial charge in [0, 0.05) is 49.6 Å². The van der Waals surface area contributed by atoms with Crippen molar-refractivity contribution < 1.29 is 4.92 Å². The van der Waals surface area contributed by atoms with Gasteiger partial charge in [-0.1, -0.05) is 47.1 Å². The predicted octanol–water partition coefficient (Wildman–Crippen LogP) is 5.75. The zero-order valence-corrected chi connectivity index (χ0v) is 18.8. The molecule has 1 aromatic rings. The fourth-order valence-electron chi connectivity index (χ4n) is 5.32. The van der Waals surface area contributed by atoms with Crippen molar-refractivity contribution in [3.05, 3.63) is 40.0 Å². The van der Waals surface area contributed by atoms with Gasteiger partial charge in [0.2, 0.25) is 0 Å². The van der Waals surface area contributed by atoms with E-state index in [4.69, 9.17) is 0 Å².